The van der Waals surface area contributed by atoms with Crippen LogP contribution in [0.4, 0.5) is 0 Å². The van der Waals surface area contributed by atoms with Crippen LogP contribution in [0.3, 0.4) is 0 Å². The first-order valence-corrected chi connectivity index (χ1v) is 5.91. The summed E-state index contributed by atoms with van der Waals surface area (Å²) in [5.74, 6) is 0. The first-order valence-electron chi connectivity index (χ1n) is 5.91. The number of rotatable bonds is 11. The van der Waals surface area contributed by atoms with Gasteiger partial charge in [0.15, 0.2) is 0 Å². The lowest BCUT2D eigenvalue weighted by Gasteiger charge is -2.05. The molecular weight excluding hydrogens is 212 g/mol. The Kier molecular flexibility index (Phi) is 5.51. The first-order chi connectivity index (χ1) is 7.95. The van der Waals surface area contributed by atoms with E-state index in [2.05, 4.69) is 0 Å². The van der Waals surface area contributed by atoms with Gasteiger partial charge in [0.1, 0.15) is 12.2 Å². The van der Waals surface area contributed by atoms with E-state index in [9.17, 15) is 0 Å². The van der Waals surface area contributed by atoms with Crippen molar-refractivity contribution in [1.29, 1.82) is 0 Å². The summed E-state index contributed by atoms with van der Waals surface area (Å²) < 4.78 is 26.1. The molecular formula is C11H20O5. The molecule has 2 unspecified atom stereocenters. The molecule has 0 radical (unpaired) electrons. The van der Waals surface area contributed by atoms with Crippen molar-refractivity contribution in [3.63, 3.8) is 0 Å². The van der Waals surface area contributed by atoms with Crippen molar-refractivity contribution in [2.24, 2.45) is 0 Å². The second kappa shape index (κ2) is 7.19. The quantitative estimate of drug-likeness (QED) is 0.377. The fraction of sp³-hybridized carbons (Fsp3) is 1.00. The molecule has 2 rings (SSSR count). The Morgan fingerprint density at radius 3 is 1.88 bits per heavy atom. The average Bonchev–Trinajstić information content (AvgIpc) is 3.14. The Bertz CT molecular complexity index is 159. The summed E-state index contributed by atoms with van der Waals surface area (Å²) in [6.07, 6.45) is 1.63. The molecule has 0 aliphatic carbocycles. The molecule has 2 aliphatic rings. The third-order valence-corrected chi connectivity index (χ3v) is 2.36. The van der Waals surface area contributed by atoms with E-state index in [1.165, 1.54) is 0 Å². The molecule has 2 fully saturated rings. The maximum absolute atomic E-state index is 5.38. The Morgan fingerprint density at radius 2 is 1.25 bits per heavy atom. The van der Waals surface area contributed by atoms with E-state index in [1.807, 2.05) is 0 Å². The summed E-state index contributed by atoms with van der Waals surface area (Å²) in [4.78, 5) is 0. The van der Waals surface area contributed by atoms with E-state index in [1.54, 1.807) is 0 Å². The summed E-state index contributed by atoms with van der Waals surface area (Å²) in [5, 5.41) is 0. The molecule has 0 bridgehead atoms. The van der Waals surface area contributed by atoms with Gasteiger partial charge in [0.2, 0.25) is 0 Å². The Hall–Kier alpha value is -0.200. The third-order valence-electron chi connectivity index (χ3n) is 2.36. The van der Waals surface area contributed by atoms with Crippen LogP contribution in [-0.2, 0) is 23.7 Å². The predicted molar refractivity (Wildman–Crippen MR) is 56.6 cm³/mol. The van der Waals surface area contributed by atoms with E-state index in [-0.39, 0.29) is 0 Å². The van der Waals surface area contributed by atoms with Gasteiger partial charge in [0, 0.05) is 13.2 Å². The lowest BCUT2D eigenvalue weighted by atomic mass is 10.5. The van der Waals surface area contributed by atoms with Crippen LogP contribution in [0.5, 0.6) is 0 Å². The molecule has 5 nitrogen and oxygen atoms in total. The molecule has 0 aromatic carbocycles. The first kappa shape index (κ1) is 12.3. The van der Waals surface area contributed by atoms with Crippen molar-refractivity contribution in [1.82, 2.24) is 0 Å². The largest absolute Gasteiger partial charge is 0.379 e. The molecule has 94 valence electrons. The van der Waals surface area contributed by atoms with Gasteiger partial charge in [-0.05, 0) is 6.42 Å². The van der Waals surface area contributed by atoms with Crippen LogP contribution in [0.25, 0.3) is 0 Å². The van der Waals surface area contributed by atoms with Crippen LogP contribution < -0.4 is 0 Å². The van der Waals surface area contributed by atoms with Crippen LogP contribution in [0.15, 0.2) is 0 Å². The maximum atomic E-state index is 5.38. The van der Waals surface area contributed by atoms with Crippen LogP contribution in [0, 0.1) is 0 Å². The number of epoxide rings is 2. The van der Waals surface area contributed by atoms with E-state index in [0.717, 1.165) is 39.5 Å². The van der Waals surface area contributed by atoms with Crippen LogP contribution in [0.2, 0.25) is 0 Å². The van der Waals surface area contributed by atoms with Crippen molar-refractivity contribution in [2.45, 2.75) is 18.6 Å². The van der Waals surface area contributed by atoms with Gasteiger partial charge in [0.25, 0.3) is 0 Å². The Labute approximate surface area is 95.9 Å². The zero-order valence-corrected chi connectivity index (χ0v) is 9.56. The maximum Gasteiger partial charge on any atom is 0.104 e. The Balaban J connectivity index is 1.22. The molecule has 2 heterocycles. The smallest absolute Gasteiger partial charge is 0.104 e. The lowest BCUT2D eigenvalue weighted by Crippen LogP contribution is -2.10. The average molecular weight is 232 g/mol. The summed E-state index contributed by atoms with van der Waals surface area (Å²) in [6, 6.07) is 0. The van der Waals surface area contributed by atoms with Crippen LogP contribution in [-0.4, -0.2) is 65.1 Å². The molecule has 0 saturated carbocycles. The molecule has 0 aromatic heterocycles. The summed E-state index contributed by atoms with van der Waals surface area (Å²) in [5.41, 5.74) is 0. The van der Waals surface area contributed by atoms with Crippen molar-refractivity contribution in [2.75, 3.05) is 52.9 Å². The van der Waals surface area contributed by atoms with Gasteiger partial charge >= 0.3 is 0 Å². The standard InChI is InChI=1S/C11H20O5/c1(3-13-6-10-8-15-10)2-12-4-5-14-7-11-9-16-11/h10-11H,1-9H2. The lowest BCUT2D eigenvalue weighted by molar-refractivity contribution is 0.0301. The fourth-order valence-electron chi connectivity index (χ4n) is 1.24. The number of hydrogen-bond donors (Lipinski definition) is 0. The predicted octanol–water partition coefficient (Wildman–Crippen LogP) is 0.224. The molecule has 2 aliphatic heterocycles. The summed E-state index contributed by atoms with van der Waals surface area (Å²) in [7, 11) is 0. The molecule has 5 heteroatoms. The van der Waals surface area contributed by atoms with Crippen molar-refractivity contribution >= 4 is 0 Å². The second-order valence-corrected chi connectivity index (χ2v) is 4.03. The second-order valence-electron chi connectivity index (χ2n) is 4.03. The monoisotopic (exact) mass is 232 g/mol. The third kappa shape index (κ3) is 6.40. The molecule has 0 spiro atoms. The van der Waals surface area contributed by atoms with E-state index in [0.29, 0.717) is 32.0 Å². The normalized spacial score (nSPS) is 27.0. The van der Waals surface area contributed by atoms with E-state index in [4.69, 9.17) is 23.7 Å². The molecule has 16 heavy (non-hydrogen) atoms. The summed E-state index contributed by atoms with van der Waals surface area (Å²) >= 11 is 0. The van der Waals surface area contributed by atoms with Crippen LogP contribution in [0.1, 0.15) is 6.42 Å². The van der Waals surface area contributed by atoms with Gasteiger partial charge < -0.3 is 23.7 Å². The Morgan fingerprint density at radius 1 is 0.750 bits per heavy atom. The van der Waals surface area contributed by atoms with Crippen molar-refractivity contribution in [3.8, 4) is 0 Å². The SMILES string of the molecule is C(COCCOCC1CO1)COCC1CO1. The van der Waals surface area contributed by atoms with Gasteiger partial charge in [-0.2, -0.15) is 0 Å². The molecule has 0 amide bonds. The molecule has 2 atom stereocenters. The molecule has 0 N–H and O–H groups in total. The van der Waals surface area contributed by atoms with Crippen molar-refractivity contribution < 1.29 is 23.7 Å². The number of hydrogen-bond acceptors (Lipinski definition) is 5. The van der Waals surface area contributed by atoms with E-state index < -0.39 is 0 Å². The molecule has 0 aromatic rings. The highest BCUT2D eigenvalue weighted by molar-refractivity contribution is 4.67. The van der Waals surface area contributed by atoms with Gasteiger partial charge in [0.05, 0.1) is 39.6 Å². The minimum atomic E-state index is 0.345. The van der Waals surface area contributed by atoms with Crippen molar-refractivity contribution in [3.05, 3.63) is 0 Å². The fourth-order valence-corrected chi connectivity index (χ4v) is 1.24. The van der Waals surface area contributed by atoms with Gasteiger partial charge in [-0.15, -0.1) is 0 Å². The summed E-state index contributed by atoms with van der Waals surface area (Å²) in [6.45, 7) is 5.92. The minimum absolute atomic E-state index is 0.345. The van der Waals surface area contributed by atoms with Gasteiger partial charge in [-0.3, -0.25) is 0 Å². The highest BCUT2D eigenvalue weighted by Crippen LogP contribution is 2.08. The zero-order chi connectivity index (χ0) is 11.1. The highest BCUT2D eigenvalue weighted by atomic mass is 16.6. The minimum Gasteiger partial charge on any atom is -0.379 e. The van der Waals surface area contributed by atoms with Crippen LogP contribution >= 0.6 is 0 Å². The molecule has 2 saturated heterocycles. The van der Waals surface area contributed by atoms with Gasteiger partial charge in [-0.1, -0.05) is 0 Å². The highest BCUT2D eigenvalue weighted by Gasteiger charge is 2.22. The van der Waals surface area contributed by atoms with Gasteiger partial charge in [-0.25, -0.2) is 0 Å². The topological polar surface area (TPSA) is 52.8 Å². The van der Waals surface area contributed by atoms with E-state index >= 15 is 0 Å². The number of ether oxygens (including phenoxy) is 5. The zero-order valence-electron chi connectivity index (χ0n) is 9.56.